The quantitative estimate of drug-likeness (QED) is 0.474. The fraction of sp³-hybridized carbons (Fsp3) is 0.476. The zero-order valence-electron chi connectivity index (χ0n) is 17.2. The number of hydrogen-bond donors (Lipinski definition) is 1. The Labute approximate surface area is 170 Å². The van der Waals surface area contributed by atoms with Crippen molar-refractivity contribution in [3.8, 4) is 5.69 Å². The van der Waals surface area contributed by atoms with Gasteiger partial charge in [-0.3, -0.25) is 9.79 Å². The van der Waals surface area contributed by atoms with E-state index in [4.69, 9.17) is 4.74 Å². The average Bonchev–Trinajstić information content (AvgIpc) is 3.14. The average molecular weight is 401 g/mol. The van der Waals surface area contributed by atoms with Gasteiger partial charge in [0.2, 0.25) is 0 Å². The molecule has 0 bridgehead atoms. The summed E-state index contributed by atoms with van der Waals surface area (Å²) in [5, 5.41) is 3.28. The number of imidazole rings is 1. The molecule has 1 aromatic carbocycles. The number of halogens is 1. The van der Waals surface area contributed by atoms with Crippen LogP contribution in [0.15, 0.2) is 35.6 Å². The van der Waals surface area contributed by atoms with E-state index < -0.39 is 0 Å². The van der Waals surface area contributed by atoms with Gasteiger partial charge < -0.3 is 19.5 Å². The normalized spacial score (nSPS) is 17.3. The van der Waals surface area contributed by atoms with Gasteiger partial charge in [0.25, 0.3) is 0 Å². The van der Waals surface area contributed by atoms with Crippen LogP contribution in [0.3, 0.4) is 0 Å². The van der Waals surface area contributed by atoms with E-state index in [1.54, 1.807) is 30.1 Å². The molecule has 0 saturated carbocycles. The molecule has 3 rings (SSSR count). The number of carbonyl (C=O) groups is 1. The van der Waals surface area contributed by atoms with Crippen LogP contribution >= 0.6 is 0 Å². The van der Waals surface area contributed by atoms with Gasteiger partial charge >= 0.3 is 5.97 Å². The minimum atomic E-state index is -0.305. The number of esters is 1. The van der Waals surface area contributed by atoms with Crippen molar-refractivity contribution in [3.05, 3.63) is 47.8 Å². The van der Waals surface area contributed by atoms with Crippen LogP contribution in [-0.4, -0.2) is 53.1 Å². The third kappa shape index (κ3) is 4.93. The van der Waals surface area contributed by atoms with E-state index in [2.05, 4.69) is 20.2 Å². The van der Waals surface area contributed by atoms with Crippen LogP contribution in [0, 0.1) is 18.7 Å². The lowest BCUT2D eigenvalue weighted by molar-refractivity contribution is -0.149. The highest BCUT2D eigenvalue weighted by molar-refractivity contribution is 5.81. The van der Waals surface area contributed by atoms with E-state index in [1.165, 1.54) is 6.07 Å². The molecule has 1 saturated heterocycles. The number of aryl methyl sites for hydroxylation is 1. The Morgan fingerprint density at radius 2 is 2.28 bits per heavy atom. The summed E-state index contributed by atoms with van der Waals surface area (Å²) in [6.07, 6.45) is 5.12. The van der Waals surface area contributed by atoms with Crippen molar-refractivity contribution >= 4 is 11.9 Å². The zero-order valence-corrected chi connectivity index (χ0v) is 17.2. The molecule has 1 unspecified atom stereocenters. The molecule has 1 fully saturated rings. The number of likely N-dealkylation sites (tertiary alicyclic amines) is 1. The van der Waals surface area contributed by atoms with E-state index >= 15 is 0 Å². The minimum absolute atomic E-state index is 0.141. The maximum absolute atomic E-state index is 14.6. The number of aliphatic imine (C=N–C) groups is 1. The van der Waals surface area contributed by atoms with Crippen molar-refractivity contribution in [2.75, 3.05) is 26.7 Å². The van der Waals surface area contributed by atoms with Crippen molar-refractivity contribution in [1.82, 2.24) is 19.8 Å². The van der Waals surface area contributed by atoms with E-state index in [1.807, 2.05) is 19.9 Å². The smallest absolute Gasteiger partial charge is 0.310 e. The number of hydrogen-bond acceptors (Lipinski definition) is 4. The van der Waals surface area contributed by atoms with Gasteiger partial charge in [-0.1, -0.05) is 6.07 Å². The lowest BCUT2D eigenvalue weighted by atomic mass is 9.98. The largest absolute Gasteiger partial charge is 0.466 e. The second-order valence-electron chi connectivity index (χ2n) is 7.07. The highest BCUT2D eigenvalue weighted by Crippen LogP contribution is 2.19. The van der Waals surface area contributed by atoms with Crippen molar-refractivity contribution in [3.63, 3.8) is 0 Å². The Morgan fingerprint density at radius 3 is 2.93 bits per heavy atom. The maximum atomic E-state index is 14.6. The maximum Gasteiger partial charge on any atom is 0.310 e. The number of piperidine rings is 1. The van der Waals surface area contributed by atoms with E-state index in [9.17, 15) is 9.18 Å². The van der Waals surface area contributed by atoms with Crippen LogP contribution in [0.5, 0.6) is 0 Å². The Bertz CT molecular complexity index is 880. The highest BCUT2D eigenvalue weighted by Gasteiger charge is 2.28. The first-order valence-corrected chi connectivity index (χ1v) is 9.94. The van der Waals surface area contributed by atoms with Crippen molar-refractivity contribution in [2.45, 2.75) is 33.2 Å². The molecule has 0 spiro atoms. The fourth-order valence-corrected chi connectivity index (χ4v) is 3.62. The standard InChI is InChI=1S/C21H28FN5O2/c1-4-29-20(28)17-6-5-10-26(14-17)21(23-3)25-13-16-7-8-19(18(22)12-16)27-11-9-24-15(27)2/h7-9,11-12,17H,4-6,10,13-14H2,1-3H3,(H,23,25). The van der Waals surface area contributed by atoms with Gasteiger partial charge in [0.1, 0.15) is 11.6 Å². The summed E-state index contributed by atoms with van der Waals surface area (Å²) in [5.74, 6) is 0.837. The summed E-state index contributed by atoms with van der Waals surface area (Å²) in [4.78, 5) is 22.6. The minimum Gasteiger partial charge on any atom is -0.466 e. The number of guanidine groups is 1. The summed E-state index contributed by atoms with van der Waals surface area (Å²) < 4.78 is 21.5. The third-order valence-corrected chi connectivity index (χ3v) is 5.10. The Balaban J connectivity index is 1.63. The van der Waals surface area contributed by atoms with Crippen LogP contribution in [0.4, 0.5) is 4.39 Å². The first-order valence-electron chi connectivity index (χ1n) is 9.94. The molecule has 0 aliphatic carbocycles. The van der Waals surface area contributed by atoms with Crippen molar-refractivity contribution in [2.24, 2.45) is 10.9 Å². The van der Waals surface area contributed by atoms with Crippen LogP contribution in [0.2, 0.25) is 0 Å². The number of ether oxygens (including phenoxy) is 1. The van der Waals surface area contributed by atoms with E-state index in [0.29, 0.717) is 31.3 Å². The molecular formula is C21H28FN5O2. The highest BCUT2D eigenvalue weighted by atomic mass is 19.1. The van der Waals surface area contributed by atoms with Gasteiger partial charge in [-0.15, -0.1) is 0 Å². The Morgan fingerprint density at radius 1 is 1.45 bits per heavy atom. The van der Waals surface area contributed by atoms with Gasteiger partial charge in [0, 0.05) is 39.1 Å². The van der Waals surface area contributed by atoms with Gasteiger partial charge in [0.05, 0.1) is 18.2 Å². The molecule has 8 heteroatoms. The van der Waals surface area contributed by atoms with Gasteiger partial charge in [0.15, 0.2) is 5.96 Å². The number of rotatable bonds is 5. The first kappa shape index (κ1) is 20.8. The summed E-state index contributed by atoms with van der Waals surface area (Å²) in [5.41, 5.74) is 1.28. The van der Waals surface area contributed by atoms with Crippen LogP contribution in [0.25, 0.3) is 5.69 Å². The number of carbonyl (C=O) groups excluding carboxylic acids is 1. The van der Waals surface area contributed by atoms with Crippen molar-refractivity contribution < 1.29 is 13.9 Å². The predicted molar refractivity (Wildman–Crippen MR) is 109 cm³/mol. The van der Waals surface area contributed by atoms with Crippen molar-refractivity contribution in [1.29, 1.82) is 0 Å². The Hall–Kier alpha value is -2.90. The molecule has 1 aliphatic heterocycles. The molecule has 156 valence electrons. The molecule has 7 nitrogen and oxygen atoms in total. The fourth-order valence-electron chi connectivity index (χ4n) is 3.62. The zero-order chi connectivity index (χ0) is 20.8. The van der Waals surface area contributed by atoms with Crippen LogP contribution < -0.4 is 5.32 Å². The van der Waals surface area contributed by atoms with Gasteiger partial charge in [-0.25, -0.2) is 9.37 Å². The summed E-state index contributed by atoms with van der Waals surface area (Å²) in [6, 6.07) is 5.16. The molecule has 1 aliphatic rings. The molecule has 29 heavy (non-hydrogen) atoms. The lowest BCUT2D eigenvalue weighted by Gasteiger charge is -2.34. The third-order valence-electron chi connectivity index (χ3n) is 5.10. The second-order valence-corrected chi connectivity index (χ2v) is 7.07. The molecule has 1 N–H and O–H groups in total. The first-order chi connectivity index (χ1) is 14.0. The van der Waals surface area contributed by atoms with Gasteiger partial charge in [-0.2, -0.15) is 0 Å². The van der Waals surface area contributed by atoms with Crippen LogP contribution in [0.1, 0.15) is 31.2 Å². The SMILES string of the molecule is CCOC(=O)C1CCCN(C(=NC)NCc2ccc(-n3ccnc3C)c(F)c2)C1. The lowest BCUT2D eigenvalue weighted by Crippen LogP contribution is -2.48. The van der Waals surface area contributed by atoms with Crippen LogP contribution in [-0.2, 0) is 16.1 Å². The monoisotopic (exact) mass is 401 g/mol. The van der Waals surface area contributed by atoms with E-state index in [0.717, 1.165) is 30.8 Å². The summed E-state index contributed by atoms with van der Waals surface area (Å²) >= 11 is 0. The topological polar surface area (TPSA) is 71.8 Å². The molecule has 0 amide bonds. The summed E-state index contributed by atoms with van der Waals surface area (Å²) in [6.45, 7) is 5.88. The second kappa shape index (κ2) is 9.54. The molecule has 0 radical (unpaired) electrons. The predicted octanol–water partition coefficient (Wildman–Crippen LogP) is 2.67. The van der Waals surface area contributed by atoms with E-state index in [-0.39, 0.29) is 17.7 Å². The number of aromatic nitrogens is 2. The summed E-state index contributed by atoms with van der Waals surface area (Å²) in [7, 11) is 1.71. The molecule has 1 aromatic heterocycles. The number of nitrogens with zero attached hydrogens (tertiary/aromatic N) is 4. The molecular weight excluding hydrogens is 373 g/mol. The number of nitrogens with one attached hydrogen (secondary N) is 1. The molecule has 1 atom stereocenters. The molecule has 2 aromatic rings. The number of benzene rings is 1. The Kier molecular flexibility index (Phi) is 6.85. The molecule has 2 heterocycles. The van der Waals surface area contributed by atoms with Gasteiger partial charge in [-0.05, 0) is 44.4 Å².